The number of carbonyl (C=O) groups is 2. The molecule has 0 unspecified atom stereocenters. The van der Waals surface area contributed by atoms with Crippen molar-refractivity contribution < 1.29 is 33.9 Å². The summed E-state index contributed by atoms with van der Waals surface area (Å²) in [6.45, 7) is 2.32. The quantitative estimate of drug-likeness (QED) is 0.205. The third kappa shape index (κ3) is 5.18. The van der Waals surface area contributed by atoms with Crippen molar-refractivity contribution in [1.29, 1.82) is 0 Å². The van der Waals surface area contributed by atoms with Gasteiger partial charge in [-0.3, -0.25) is 14.5 Å². The summed E-state index contributed by atoms with van der Waals surface area (Å²) < 4.78 is 12.1. The zero-order chi connectivity index (χ0) is 29.4. The van der Waals surface area contributed by atoms with E-state index < -0.39 is 19.0 Å². The zero-order valence-electron chi connectivity index (χ0n) is 23.5. The number of hydrogen-bond donors (Lipinski definition) is 3. The highest BCUT2D eigenvalue weighted by atomic mass is 16.5. The molecule has 0 spiro atoms. The maximum Gasteiger partial charge on any atom is 0.488 e. The minimum Gasteiger partial charge on any atom is -0.459 e. The Bertz CT molecular complexity index is 1540. The monoisotopic (exact) mass is 567 g/mol. The van der Waals surface area contributed by atoms with E-state index in [2.05, 4.69) is 19.1 Å². The second kappa shape index (κ2) is 11.9. The average molecular weight is 567 g/mol. The molecule has 2 saturated heterocycles. The van der Waals surface area contributed by atoms with Gasteiger partial charge in [-0.25, -0.2) is 0 Å². The summed E-state index contributed by atoms with van der Waals surface area (Å²) in [5.41, 5.74) is 5.09. The fourth-order valence-corrected chi connectivity index (χ4v) is 6.86. The van der Waals surface area contributed by atoms with Crippen LogP contribution in [0.1, 0.15) is 49.7 Å². The van der Waals surface area contributed by atoms with Gasteiger partial charge in [-0.05, 0) is 78.2 Å². The molecule has 2 fully saturated rings. The molecule has 0 saturated carbocycles. The molecule has 3 aromatic rings. The highest BCUT2D eigenvalue weighted by molar-refractivity contribution is 6.58. The first-order valence-electron chi connectivity index (χ1n) is 14.5. The lowest BCUT2D eigenvalue weighted by molar-refractivity contribution is -0.122. The molecule has 0 radical (unpaired) electrons. The normalized spacial score (nSPS) is 23.9. The standard InChI is InChI=1S/C33H34BNO7/c1-2-20-16-27-31(33(38)35(32(27)37)24-10-6-9-23(17-24)34(39)40)28-19-41-29(30(20)28)14-11-22(21-7-4-3-5-8-21)15-25-12-13-26(18-36)42-25/h3-10,12-13,15,17,27-29,31,36,39-40H,2,11,14,16,18-19H2,1H3/b22-15-/t27-,28+,29-,31-/m1/s1. The van der Waals surface area contributed by atoms with Gasteiger partial charge in [-0.1, -0.05) is 55.0 Å². The van der Waals surface area contributed by atoms with Gasteiger partial charge in [0.25, 0.3) is 0 Å². The first-order valence-corrected chi connectivity index (χ1v) is 14.5. The van der Waals surface area contributed by atoms with Crippen molar-refractivity contribution in [3.63, 3.8) is 0 Å². The maximum absolute atomic E-state index is 13.8. The lowest BCUT2D eigenvalue weighted by Gasteiger charge is -2.31. The van der Waals surface area contributed by atoms with E-state index in [-0.39, 0.29) is 35.9 Å². The number of imide groups is 1. The third-order valence-electron chi connectivity index (χ3n) is 8.84. The fourth-order valence-electron chi connectivity index (χ4n) is 6.86. The summed E-state index contributed by atoms with van der Waals surface area (Å²) in [6, 6.07) is 20.0. The van der Waals surface area contributed by atoms with E-state index >= 15 is 0 Å². The van der Waals surface area contributed by atoms with E-state index in [1.165, 1.54) is 16.5 Å². The highest BCUT2D eigenvalue weighted by Crippen LogP contribution is 2.51. The fraction of sp³-hybridized carbons (Fsp3) is 0.333. The van der Waals surface area contributed by atoms with Crippen molar-refractivity contribution in [3.05, 3.63) is 95.0 Å². The second-order valence-electron chi connectivity index (χ2n) is 11.2. The Morgan fingerprint density at radius 1 is 1.02 bits per heavy atom. The molecule has 0 bridgehead atoms. The predicted octanol–water partition coefficient (Wildman–Crippen LogP) is 3.70. The molecule has 216 valence electrons. The molecule has 9 heteroatoms. The van der Waals surface area contributed by atoms with Crippen LogP contribution in [0.5, 0.6) is 0 Å². The molecular formula is C33H34BNO7. The van der Waals surface area contributed by atoms with Crippen LogP contribution in [0.2, 0.25) is 0 Å². The van der Waals surface area contributed by atoms with Crippen LogP contribution in [0.25, 0.3) is 11.6 Å². The number of ether oxygens (including phenoxy) is 1. The summed E-state index contributed by atoms with van der Waals surface area (Å²) in [6.07, 6.45) is 4.56. The highest BCUT2D eigenvalue weighted by Gasteiger charge is 2.57. The number of amides is 2. The van der Waals surface area contributed by atoms with E-state index in [1.54, 1.807) is 24.3 Å². The van der Waals surface area contributed by atoms with Crippen LogP contribution in [0, 0.1) is 17.8 Å². The van der Waals surface area contributed by atoms with Crippen LogP contribution in [-0.4, -0.2) is 46.8 Å². The summed E-state index contributed by atoms with van der Waals surface area (Å²) in [5.74, 6) is -0.431. The Balaban J connectivity index is 1.26. The summed E-state index contributed by atoms with van der Waals surface area (Å²) >= 11 is 0. The molecule has 1 aliphatic carbocycles. The maximum atomic E-state index is 13.8. The molecule has 2 aromatic carbocycles. The van der Waals surface area contributed by atoms with Gasteiger partial charge in [0.05, 0.1) is 30.2 Å². The number of nitrogens with zero attached hydrogens (tertiary/aromatic N) is 1. The summed E-state index contributed by atoms with van der Waals surface area (Å²) in [4.78, 5) is 28.7. The molecule has 3 heterocycles. The van der Waals surface area contributed by atoms with Gasteiger partial charge in [-0.2, -0.15) is 0 Å². The van der Waals surface area contributed by atoms with Gasteiger partial charge in [0.15, 0.2) is 0 Å². The SMILES string of the molecule is CCC1=C2[C@@H](CC/C(=C/c3ccc(CO)o3)c3ccccc3)OC[C@@H]2[C@@H]2C(=O)N(c3cccc(B(O)O)c3)C(=O)[C@@H]2C1. The molecule has 8 nitrogen and oxygen atoms in total. The van der Waals surface area contributed by atoms with Crippen molar-refractivity contribution in [3.8, 4) is 0 Å². The largest absolute Gasteiger partial charge is 0.488 e. The minimum atomic E-state index is -1.69. The molecule has 2 amide bonds. The first-order chi connectivity index (χ1) is 20.4. The number of aliphatic hydroxyl groups is 1. The topological polar surface area (TPSA) is 120 Å². The number of benzene rings is 2. The van der Waals surface area contributed by atoms with E-state index in [4.69, 9.17) is 9.15 Å². The Hall–Kier alpha value is -3.76. The predicted molar refractivity (Wildman–Crippen MR) is 159 cm³/mol. The molecule has 3 N–H and O–H groups in total. The smallest absolute Gasteiger partial charge is 0.459 e. The van der Waals surface area contributed by atoms with Crippen LogP contribution < -0.4 is 10.4 Å². The molecular weight excluding hydrogens is 533 g/mol. The van der Waals surface area contributed by atoms with Crippen LogP contribution in [0.15, 0.2) is 82.3 Å². The van der Waals surface area contributed by atoms with Crippen LogP contribution in [0.4, 0.5) is 5.69 Å². The molecule has 2 aliphatic heterocycles. The van der Waals surface area contributed by atoms with E-state index in [1.807, 2.05) is 30.3 Å². The van der Waals surface area contributed by atoms with Gasteiger partial charge < -0.3 is 24.3 Å². The van der Waals surface area contributed by atoms with Gasteiger partial charge in [0, 0.05) is 5.92 Å². The number of hydrogen-bond acceptors (Lipinski definition) is 7. The Morgan fingerprint density at radius 2 is 1.83 bits per heavy atom. The van der Waals surface area contributed by atoms with Gasteiger partial charge in [0.1, 0.15) is 18.1 Å². The van der Waals surface area contributed by atoms with Gasteiger partial charge in [-0.15, -0.1) is 0 Å². The van der Waals surface area contributed by atoms with E-state index in [0.717, 1.165) is 23.1 Å². The lowest BCUT2D eigenvalue weighted by Crippen LogP contribution is -2.35. The number of fused-ring (bicyclic) bond motifs is 3. The number of anilines is 1. The van der Waals surface area contributed by atoms with Crippen molar-refractivity contribution in [2.75, 3.05) is 11.5 Å². The second-order valence-corrected chi connectivity index (χ2v) is 11.2. The molecule has 1 aromatic heterocycles. The molecule has 4 atom stereocenters. The Labute approximate surface area is 245 Å². The Morgan fingerprint density at radius 3 is 2.55 bits per heavy atom. The van der Waals surface area contributed by atoms with Gasteiger partial charge in [0.2, 0.25) is 11.8 Å². The van der Waals surface area contributed by atoms with E-state index in [9.17, 15) is 24.7 Å². The van der Waals surface area contributed by atoms with Crippen LogP contribution in [-0.2, 0) is 20.9 Å². The van der Waals surface area contributed by atoms with Gasteiger partial charge >= 0.3 is 7.12 Å². The average Bonchev–Trinajstić information content (AvgIpc) is 3.71. The van der Waals surface area contributed by atoms with Crippen molar-refractivity contribution >= 4 is 41.7 Å². The molecule has 42 heavy (non-hydrogen) atoms. The summed E-state index contributed by atoms with van der Waals surface area (Å²) in [5, 5.41) is 28.7. The number of allylic oxidation sites excluding steroid dienone is 2. The number of furan rings is 1. The van der Waals surface area contributed by atoms with Crippen LogP contribution >= 0.6 is 0 Å². The Kier molecular flexibility index (Phi) is 8.01. The minimum absolute atomic E-state index is 0.157. The number of rotatable bonds is 9. The zero-order valence-corrected chi connectivity index (χ0v) is 23.5. The first kappa shape index (κ1) is 28.4. The van der Waals surface area contributed by atoms with Crippen LogP contribution in [0.3, 0.4) is 0 Å². The number of carbonyl (C=O) groups excluding carboxylic acids is 2. The summed E-state index contributed by atoms with van der Waals surface area (Å²) in [7, 11) is -1.69. The third-order valence-corrected chi connectivity index (χ3v) is 8.84. The molecule has 3 aliphatic rings. The molecule has 6 rings (SSSR count). The lowest BCUT2D eigenvalue weighted by atomic mass is 9.69. The van der Waals surface area contributed by atoms with Crippen molar-refractivity contribution in [1.82, 2.24) is 0 Å². The number of aliphatic hydroxyl groups excluding tert-OH is 1. The van der Waals surface area contributed by atoms with E-state index in [0.29, 0.717) is 43.1 Å². The van der Waals surface area contributed by atoms with Crippen molar-refractivity contribution in [2.24, 2.45) is 17.8 Å². The van der Waals surface area contributed by atoms with Crippen molar-refractivity contribution in [2.45, 2.75) is 45.3 Å².